The predicted molar refractivity (Wildman–Crippen MR) is 103 cm³/mol. The van der Waals surface area contributed by atoms with Gasteiger partial charge in [-0.1, -0.05) is 39.5 Å². The lowest BCUT2D eigenvalue weighted by atomic mass is 9.96. The highest BCUT2D eigenvalue weighted by molar-refractivity contribution is 4.66. The normalized spacial score (nSPS) is 14.2. The topological polar surface area (TPSA) is 73.2 Å². The molecule has 0 rings (SSSR count). The van der Waals surface area contributed by atoms with Gasteiger partial charge in [-0.05, 0) is 50.4 Å². The van der Waals surface area contributed by atoms with E-state index in [1.54, 1.807) is 0 Å². The van der Waals surface area contributed by atoms with E-state index in [9.17, 15) is 0 Å². The maximum absolute atomic E-state index is 8.98. The summed E-state index contributed by atoms with van der Waals surface area (Å²) in [7, 11) is 0. The Morgan fingerprint density at radius 2 is 1.12 bits per heavy atom. The lowest BCUT2D eigenvalue weighted by Gasteiger charge is -2.30. The first kappa shape index (κ1) is 24.8. The van der Waals surface area contributed by atoms with Crippen LogP contribution in [0.2, 0.25) is 0 Å². The van der Waals surface area contributed by atoms with Crippen molar-refractivity contribution in [3.63, 3.8) is 0 Å². The van der Waals surface area contributed by atoms with E-state index in [2.05, 4.69) is 18.9 Å². The quantitative estimate of drug-likeness (QED) is 0.243. The molecule has 0 fully saturated rings. The van der Waals surface area contributed by atoms with Crippen LogP contribution in [0.3, 0.4) is 0 Å². The fourth-order valence-electron chi connectivity index (χ4n) is 3.10. The van der Waals surface area contributed by atoms with Crippen molar-refractivity contribution in [3.05, 3.63) is 0 Å². The molecule has 0 bridgehead atoms. The van der Waals surface area contributed by atoms with E-state index >= 15 is 0 Å². The molecule has 3 N–H and O–H groups in total. The average molecular weight is 362 g/mol. The molecule has 0 amide bonds. The molecule has 5 heteroatoms. The summed E-state index contributed by atoms with van der Waals surface area (Å²) in [6.07, 6.45) is 10.1. The number of aliphatic hydroxyl groups is 3. The van der Waals surface area contributed by atoms with Crippen molar-refractivity contribution in [2.75, 3.05) is 39.5 Å². The first-order valence-electron chi connectivity index (χ1n) is 10.4. The average Bonchev–Trinajstić information content (AvgIpc) is 2.63. The third kappa shape index (κ3) is 14.6. The summed E-state index contributed by atoms with van der Waals surface area (Å²) in [5.41, 5.74) is 0. The predicted octanol–water partition coefficient (Wildman–Crippen LogP) is 3.37. The number of aliphatic hydroxyl groups excluding tert-OH is 3. The van der Waals surface area contributed by atoms with Gasteiger partial charge in [0, 0.05) is 32.9 Å². The van der Waals surface area contributed by atoms with E-state index in [1.165, 1.54) is 0 Å². The van der Waals surface area contributed by atoms with Crippen molar-refractivity contribution in [2.24, 2.45) is 11.8 Å². The number of nitrogens with zero attached hydrogens (tertiary/aromatic N) is 1. The summed E-state index contributed by atoms with van der Waals surface area (Å²) < 4.78 is 0. The molecule has 0 aromatic heterocycles. The molecule has 0 aliphatic carbocycles. The van der Waals surface area contributed by atoms with Gasteiger partial charge in [0.1, 0.15) is 0 Å². The standard InChI is InChI=1S/C20H43NO4/c1-3-19(11-5-7-13-22)17-21(25-16-10-9-15-24)18-20(4-2)12-6-8-14-23/h19-20,22-24H,3-18H2,1-2H3. The number of unbranched alkanes of at least 4 members (excludes halogenated alkanes) is 3. The zero-order chi connectivity index (χ0) is 18.8. The minimum atomic E-state index is 0.223. The minimum absolute atomic E-state index is 0.223. The SMILES string of the molecule is CCC(CCCCO)CN(CC(CC)CCCCO)OCCCCO. The van der Waals surface area contributed by atoms with Gasteiger partial charge in [-0.15, -0.1) is 0 Å². The molecule has 0 saturated heterocycles. The lowest BCUT2D eigenvalue weighted by molar-refractivity contribution is -0.176. The number of hydrogen-bond donors (Lipinski definition) is 3. The van der Waals surface area contributed by atoms with Crippen LogP contribution in [0, 0.1) is 11.8 Å². The Bertz CT molecular complexity index is 246. The van der Waals surface area contributed by atoms with E-state index in [4.69, 9.17) is 20.2 Å². The molecule has 5 nitrogen and oxygen atoms in total. The Morgan fingerprint density at radius 1 is 0.680 bits per heavy atom. The molecule has 0 saturated carbocycles. The van der Waals surface area contributed by atoms with Gasteiger partial charge in [0.25, 0.3) is 0 Å². The highest BCUT2D eigenvalue weighted by atomic mass is 16.7. The summed E-state index contributed by atoms with van der Waals surface area (Å²) in [6.45, 7) is 7.79. The molecule has 0 aliphatic rings. The maximum Gasteiger partial charge on any atom is 0.0685 e. The molecule has 0 radical (unpaired) electrons. The van der Waals surface area contributed by atoms with Crippen molar-refractivity contribution in [1.29, 1.82) is 0 Å². The fourth-order valence-corrected chi connectivity index (χ4v) is 3.10. The van der Waals surface area contributed by atoms with Gasteiger partial charge in [-0.3, -0.25) is 4.84 Å². The van der Waals surface area contributed by atoms with Crippen molar-refractivity contribution in [1.82, 2.24) is 5.06 Å². The fraction of sp³-hybridized carbons (Fsp3) is 1.00. The molecular weight excluding hydrogens is 318 g/mol. The molecule has 0 heterocycles. The third-order valence-corrected chi connectivity index (χ3v) is 4.95. The van der Waals surface area contributed by atoms with Crippen LogP contribution in [-0.4, -0.2) is 59.9 Å². The van der Waals surface area contributed by atoms with E-state index in [1.807, 2.05) is 0 Å². The number of hydrogen-bond acceptors (Lipinski definition) is 5. The first-order valence-corrected chi connectivity index (χ1v) is 10.4. The molecule has 0 aromatic carbocycles. The van der Waals surface area contributed by atoms with Crippen LogP contribution in [0.15, 0.2) is 0 Å². The van der Waals surface area contributed by atoms with Crippen LogP contribution in [0.4, 0.5) is 0 Å². The molecule has 25 heavy (non-hydrogen) atoms. The molecule has 2 unspecified atom stereocenters. The van der Waals surface area contributed by atoms with Gasteiger partial charge >= 0.3 is 0 Å². The summed E-state index contributed by atoms with van der Waals surface area (Å²) in [4.78, 5) is 6.04. The third-order valence-electron chi connectivity index (χ3n) is 4.95. The highest BCUT2D eigenvalue weighted by Gasteiger charge is 2.17. The Labute approximate surface area is 155 Å². The summed E-state index contributed by atoms with van der Waals surface area (Å²) >= 11 is 0. The molecule has 2 atom stereocenters. The Hall–Kier alpha value is -0.200. The second-order valence-electron chi connectivity index (χ2n) is 7.10. The van der Waals surface area contributed by atoms with Gasteiger partial charge in [0.15, 0.2) is 0 Å². The Morgan fingerprint density at radius 3 is 1.52 bits per heavy atom. The van der Waals surface area contributed by atoms with Crippen LogP contribution < -0.4 is 0 Å². The Kier molecular flexibility index (Phi) is 18.4. The highest BCUT2D eigenvalue weighted by Crippen LogP contribution is 2.19. The van der Waals surface area contributed by atoms with E-state index in [-0.39, 0.29) is 19.8 Å². The van der Waals surface area contributed by atoms with Crippen molar-refractivity contribution < 1.29 is 20.2 Å². The summed E-state index contributed by atoms with van der Waals surface area (Å²) in [5, 5.41) is 29.0. The molecule has 0 aromatic rings. The van der Waals surface area contributed by atoms with E-state index < -0.39 is 0 Å². The van der Waals surface area contributed by atoms with Crippen LogP contribution in [0.25, 0.3) is 0 Å². The van der Waals surface area contributed by atoms with Gasteiger partial charge in [0.2, 0.25) is 0 Å². The largest absolute Gasteiger partial charge is 0.396 e. The van der Waals surface area contributed by atoms with Crippen molar-refractivity contribution in [2.45, 2.75) is 78.1 Å². The lowest BCUT2D eigenvalue weighted by Crippen LogP contribution is -2.34. The monoisotopic (exact) mass is 361 g/mol. The van der Waals surface area contributed by atoms with E-state index in [0.717, 1.165) is 77.3 Å². The van der Waals surface area contributed by atoms with Crippen molar-refractivity contribution >= 4 is 0 Å². The van der Waals surface area contributed by atoms with Gasteiger partial charge in [0.05, 0.1) is 6.61 Å². The summed E-state index contributed by atoms with van der Waals surface area (Å²) in [5.74, 6) is 1.19. The van der Waals surface area contributed by atoms with E-state index in [0.29, 0.717) is 18.4 Å². The zero-order valence-corrected chi connectivity index (χ0v) is 16.7. The van der Waals surface area contributed by atoms with Gasteiger partial charge in [-0.2, -0.15) is 5.06 Å². The smallest absolute Gasteiger partial charge is 0.0685 e. The maximum atomic E-state index is 8.98. The molecular formula is C20H43NO4. The minimum Gasteiger partial charge on any atom is -0.396 e. The van der Waals surface area contributed by atoms with Gasteiger partial charge in [-0.25, -0.2) is 0 Å². The first-order chi connectivity index (χ1) is 12.2. The zero-order valence-electron chi connectivity index (χ0n) is 16.7. The Balaban J connectivity index is 4.47. The van der Waals surface area contributed by atoms with Crippen LogP contribution in [-0.2, 0) is 4.84 Å². The molecule has 0 spiro atoms. The van der Waals surface area contributed by atoms with Crippen LogP contribution >= 0.6 is 0 Å². The van der Waals surface area contributed by atoms with Crippen LogP contribution in [0.5, 0.6) is 0 Å². The second kappa shape index (κ2) is 18.6. The second-order valence-corrected chi connectivity index (χ2v) is 7.10. The molecule has 0 aliphatic heterocycles. The molecule has 152 valence electrons. The number of rotatable bonds is 19. The van der Waals surface area contributed by atoms with Crippen LogP contribution in [0.1, 0.15) is 78.1 Å². The number of hydroxylamine groups is 2. The van der Waals surface area contributed by atoms with Gasteiger partial charge < -0.3 is 15.3 Å². The van der Waals surface area contributed by atoms with Crippen molar-refractivity contribution in [3.8, 4) is 0 Å². The summed E-state index contributed by atoms with van der Waals surface area (Å²) in [6, 6.07) is 0.